The molecule has 0 atom stereocenters. The lowest BCUT2D eigenvalue weighted by Crippen LogP contribution is -2.03. The summed E-state index contributed by atoms with van der Waals surface area (Å²) in [6.45, 7) is 0. The van der Waals surface area contributed by atoms with Crippen molar-refractivity contribution in [1.29, 1.82) is 0 Å². The minimum Gasteiger partial charge on any atom is -0.478 e. The van der Waals surface area contributed by atoms with E-state index in [2.05, 4.69) is 10.0 Å². The van der Waals surface area contributed by atoms with E-state index in [1.807, 2.05) is 30.3 Å². The van der Waals surface area contributed by atoms with E-state index in [4.69, 9.17) is 5.53 Å². The van der Waals surface area contributed by atoms with E-state index in [1.165, 1.54) is 6.07 Å². The maximum atomic E-state index is 11.2. The van der Waals surface area contributed by atoms with Gasteiger partial charge in [0.05, 0.1) is 5.56 Å². The van der Waals surface area contributed by atoms with Crippen LogP contribution >= 0.6 is 0 Å². The van der Waals surface area contributed by atoms with E-state index in [0.29, 0.717) is 17.7 Å². The van der Waals surface area contributed by atoms with Crippen LogP contribution in [0.1, 0.15) is 21.5 Å². The van der Waals surface area contributed by atoms with Crippen molar-refractivity contribution in [2.75, 3.05) is 0 Å². The Labute approximate surface area is 109 Å². The molecule has 94 valence electrons. The summed E-state index contributed by atoms with van der Waals surface area (Å²) in [7, 11) is 0. The molecular weight excluding hydrogens is 242 g/mol. The van der Waals surface area contributed by atoms with Crippen LogP contribution in [0.25, 0.3) is 10.4 Å². The van der Waals surface area contributed by atoms with E-state index in [9.17, 15) is 9.90 Å². The second-order valence-corrected chi connectivity index (χ2v) is 3.96. The summed E-state index contributed by atoms with van der Waals surface area (Å²) in [5, 5.41) is 12.8. The molecule has 0 radical (unpaired) electrons. The summed E-state index contributed by atoms with van der Waals surface area (Å²) in [6, 6.07) is 14.2. The highest BCUT2D eigenvalue weighted by Crippen LogP contribution is 2.26. The van der Waals surface area contributed by atoms with Gasteiger partial charge in [-0.3, -0.25) is 0 Å². The normalized spacial score (nSPS) is 9.68. The Hall–Kier alpha value is -2.78. The molecule has 2 aromatic rings. The number of carboxylic acids is 1. The fourth-order valence-corrected chi connectivity index (χ4v) is 1.90. The maximum Gasteiger partial charge on any atom is 0.335 e. The molecule has 0 amide bonds. The zero-order valence-electron chi connectivity index (χ0n) is 10.0. The van der Waals surface area contributed by atoms with Crippen LogP contribution in [0.3, 0.4) is 0 Å². The fourth-order valence-electron chi connectivity index (χ4n) is 1.90. The molecule has 0 saturated carbocycles. The molecule has 0 unspecified atom stereocenters. The van der Waals surface area contributed by atoms with Crippen LogP contribution in [0.15, 0.2) is 53.6 Å². The van der Waals surface area contributed by atoms with Gasteiger partial charge < -0.3 is 5.11 Å². The number of carboxylic acid groups (broad SMARTS) is 1. The molecule has 1 N–H and O–H groups in total. The first-order valence-electron chi connectivity index (χ1n) is 5.66. The molecular formula is C14H11N3O2. The molecule has 19 heavy (non-hydrogen) atoms. The SMILES string of the molecule is [N-]=[N+]=Nc1cccc(C(=O)O)c1Cc1ccccc1. The molecule has 0 aromatic heterocycles. The molecule has 0 aliphatic heterocycles. The zero-order valence-corrected chi connectivity index (χ0v) is 10.0. The fraction of sp³-hybridized carbons (Fsp3) is 0.0714. The number of hydrogen-bond donors (Lipinski definition) is 1. The molecule has 0 bridgehead atoms. The number of hydrogen-bond acceptors (Lipinski definition) is 2. The molecule has 0 aliphatic carbocycles. The predicted molar refractivity (Wildman–Crippen MR) is 71.5 cm³/mol. The van der Waals surface area contributed by atoms with E-state index >= 15 is 0 Å². The predicted octanol–water partition coefficient (Wildman–Crippen LogP) is 3.92. The Bertz CT molecular complexity index is 627. The monoisotopic (exact) mass is 253 g/mol. The quantitative estimate of drug-likeness (QED) is 0.508. The average molecular weight is 253 g/mol. The molecule has 0 saturated heterocycles. The highest BCUT2D eigenvalue weighted by Gasteiger charge is 2.13. The lowest BCUT2D eigenvalue weighted by Gasteiger charge is -2.09. The summed E-state index contributed by atoms with van der Waals surface area (Å²) in [5.74, 6) is -1.03. The van der Waals surface area contributed by atoms with Crippen LogP contribution < -0.4 is 0 Å². The summed E-state index contributed by atoms with van der Waals surface area (Å²) >= 11 is 0. The number of rotatable bonds is 4. The molecule has 5 heteroatoms. The summed E-state index contributed by atoms with van der Waals surface area (Å²) in [6.07, 6.45) is 0.414. The highest BCUT2D eigenvalue weighted by molar-refractivity contribution is 5.91. The minimum atomic E-state index is -1.03. The van der Waals surface area contributed by atoms with Crippen molar-refractivity contribution in [2.45, 2.75) is 6.42 Å². The standard InChI is InChI=1S/C14H11N3O2/c15-17-16-13-8-4-7-11(14(18)19)12(13)9-10-5-2-1-3-6-10/h1-8H,9H2,(H,18,19). The number of azide groups is 1. The van der Waals surface area contributed by atoms with Crippen LogP contribution in [0.5, 0.6) is 0 Å². The Kier molecular flexibility index (Phi) is 3.81. The topological polar surface area (TPSA) is 86.1 Å². The van der Waals surface area contributed by atoms with Gasteiger partial charge in [0.1, 0.15) is 0 Å². The lowest BCUT2D eigenvalue weighted by molar-refractivity contribution is 0.0696. The number of nitrogens with zero attached hydrogens (tertiary/aromatic N) is 3. The Morgan fingerprint density at radius 1 is 1.16 bits per heavy atom. The van der Waals surface area contributed by atoms with Gasteiger partial charge in [-0.2, -0.15) is 0 Å². The van der Waals surface area contributed by atoms with Crippen molar-refractivity contribution in [2.24, 2.45) is 5.11 Å². The molecule has 5 nitrogen and oxygen atoms in total. The minimum absolute atomic E-state index is 0.161. The van der Waals surface area contributed by atoms with Gasteiger partial charge in [-0.1, -0.05) is 47.6 Å². The number of benzene rings is 2. The third-order valence-corrected chi connectivity index (χ3v) is 2.76. The molecule has 0 spiro atoms. The summed E-state index contributed by atoms with van der Waals surface area (Å²) in [5.41, 5.74) is 10.6. The van der Waals surface area contributed by atoms with Gasteiger partial charge in [0, 0.05) is 10.6 Å². The smallest absolute Gasteiger partial charge is 0.335 e. The van der Waals surface area contributed by atoms with E-state index < -0.39 is 5.97 Å². The van der Waals surface area contributed by atoms with Crippen LogP contribution in [0.2, 0.25) is 0 Å². The molecule has 0 heterocycles. The van der Waals surface area contributed by atoms with Crippen molar-refractivity contribution < 1.29 is 9.90 Å². The largest absolute Gasteiger partial charge is 0.478 e. The van der Waals surface area contributed by atoms with Crippen molar-refractivity contribution in [3.63, 3.8) is 0 Å². The van der Waals surface area contributed by atoms with Gasteiger partial charge in [0.25, 0.3) is 0 Å². The first-order valence-corrected chi connectivity index (χ1v) is 5.66. The second-order valence-electron chi connectivity index (χ2n) is 3.96. The van der Waals surface area contributed by atoms with Gasteiger partial charge >= 0.3 is 5.97 Å². The van der Waals surface area contributed by atoms with Crippen molar-refractivity contribution in [3.8, 4) is 0 Å². The lowest BCUT2D eigenvalue weighted by atomic mass is 9.98. The van der Waals surface area contributed by atoms with Gasteiger partial charge in [-0.05, 0) is 29.1 Å². The molecule has 2 aromatic carbocycles. The molecule has 0 aliphatic rings. The van der Waals surface area contributed by atoms with Crippen LogP contribution in [-0.2, 0) is 6.42 Å². The van der Waals surface area contributed by atoms with Gasteiger partial charge in [-0.25, -0.2) is 4.79 Å². The third kappa shape index (κ3) is 2.91. The Morgan fingerprint density at radius 3 is 2.53 bits per heavy atom. The highest BCUT2D eigenvalue weighted by atomic mass is 16.4. The van der Waals surface area contributed by atoms with Crippen molar-refractivity contribution >= 4 is 11.7 Å². The van der Waals surface area contributed by atoms with Crippen LogP contribution in [-0.4, -0.2) is 11.1 Å². The van der Waals surface area contributed by atoms with E-state index in [-0.39, 0.29) is 5.56 Å². The van der Waals surface area contributed by atoms with Gasteiger partial charge in [-0.15, -0.1) is 0 Å². The van der Waals surface area contributed by atoms with Crippen LogP contribution in [0.4, 0.5) is 5.69 Å². The Balaban J connectivity index is 2.52. The number of aromatic carboxylic acids is 1. The second kappa shape index (κ2) is 5.71. The van der Waals surface area contributed by atoms with Crippen LogP contribution in [0, 0.1) is 0 Å². The number of carbonyl (C=O) groups is 1. The van der Waals surface area contributed by atoms with Gasteiger partial charge in [0.15, 0.2) is 0 Å². The first kappa shape index (κ1) is 12.7. The zero-order chi connectivity index (χ0) is 13.7. The van der Waals surface area contributed by atoms with Gasteiger partial charge in [0.2, 0.25) is 0 Å². The molecule has 2 rings (SSSR count). The Morgan fingerprint density at radius 2 is 1.89 bits per heavy atom. The van der Waals surface area contributed by atoms with Crippen molar-refractivity contribution in [3.05, 3.63) is 75.7 Å². The average Bonchev–Trinajstić information content (AvgIpc) is 2.42. The summed E-state index contributed by atoms with van der Waals surface area (Å²) in [4.78, 5) is 14.0. The van der Waals surface area contributed by atoms with Crippen molar-refractivity contribution in [1.82, 2.24) is 0 Å². The third-order valence-electron chi connectivity index (χ3n) is 2.76. The summed E-state index contributed by atoms with van der Waals surface area (Å²) < 4.78 is 0. The first-order chi connectivity index (χ1) is 9.22. The molecule has 0 fully saturated rings. The van der Waals surface area contributed by atoms with E-state index in [0.717, 1.165) is 5.56 Å². The maximum absolute atomic E-state index is 11.2. The van der Waals surface area contributed by atoms with E-state index in [1.54, 1.807) is 12.1 Å².